The van der Waals surface area contributed by atoms with Gasteiger partial charge in [-0.1, -0.05) is 23.7 Å². The molecular weight excluding hydrogens is 232 g/mol. The number of carbonyl (C=O) groups is 1. The highest BCUT2D eigenvalue weighted by Crippen LogP contribution is 2.34. The molecule has 0 N–H and O–H groups in total. The highest BCUT2D eigenvalue weighted by atomic mass is 35.5. The van der Waals surface area contributed by atoms with E-state index in [0.717, 1.165) is 15.6 Å². The zero-order chi connectivity index (χ0) is 11.0. The van der Waals surface area contributed by atoms with Gasteiger partial charge in [-0.2, -0.15) is 0 Å². The summed E-state index contributed by atoms with van der Waals surface area (Å²) in [7, 11) is 1.37. The predicted octanol–water partition coefficient (Wildman–Crippen LogP) is 3.65. The van der Waals surface area contributed by atoms with Crippen LogP contribution in [0.2, 0.25) is 5.02 Å². The summed E-state index contributed by atoms with van der Waals surface area (Å²) in [5.74, 6) is -0.315. The van der Waals surface area contributed by atoms with E-state index < -0.39 is 0 Å². The molecule has 2 nitrogen and oxygen atoms in total. The minimum atomic E-state index is -0.315. The Morgan fingerprint density at radius 2 is 2.20 bits per heavy atom. The average Bonchev–Trinajstić information content (AvgIpc) is 2.67. The second-order valence-corrected chi connectivity index (χ2v) is 4.65. The number of rotatable bonds is 1. The molecule has 0 unspecified atom stereocenters. The highest BCUT2D eigenvalue weighted by molar-refractivity contribution is 7.21. The molecule has 0 aliphatic carbocycles. The van der Waals surface area contributed by atoms with Crippen molar-refractivity contribution in [1.82, 2.24) is 0 Å². The SMILES string of the molecule is COC(=O)c1cc2ccc(C)c(Cl)c2s1. The third kappa shape index (κ3) is 1.73. The molecule has 0 spiro atoms. The number of hydrogen-bond acceptors (Lipinski definition) is 3. The fourth-order valence-corrected chi connectivity index (χ4v) is 2.72. The van der Waals surface area contributed by atoms with Crippen molar-refractivity contribution in [1.29, 1.82) is 0 Å². The summed E-state index contributed by atoms with van der Waals surface area (Å²) in [5, 5.41) is 1.70. The van der Waals surface area contributed by atoms with Crippen LogP contribution in [0.3, 0.4) is 0 Å². The number of benzene rings is 1. The summed E-state index contributed by atoms with van der Waals surface area (Å²) in [5.41, 5.74) is 1.02. The van der Waals surface area contributed by atoms with Crippen LogP contribution in [-0.4, -0.2) is 13.1 Å². The molecule has 0 aliphatic heterocycles. The van der Waals surface area contributed by atoms with Gasteiger partial charge in [0.2, 0.25) is 0 Å². The van der Waals surface area contributed by atoms with Crippen LogP contribution in [0, 0.1) is 6.92 Å². The summed E-state index contributed by atoms with van der Waals surface area (Å²) in [6.07, 6.45) is 0. The van der Waals surface area contributed by atoms with E-state index in [0.29, 0.717) is 9.90 Å². The molecule has 78 valence electrons. The van der Waals surface area contributed by atoms with Gasteiger partial charge in [0.1, 0.15) is 4.88 Å². The predicted molar refractivity (Wildman–Crippen MR) is 62.9 cm³/mol. The van der Waals surface area contributed by atoms with Crippen molar-refractivity contribution in [2.75, 3.05) is 7.11 Å². The average molecular weight is 241 g/mol. The first kappa shape index (κ1) is 10.5. The fourth-order valence-electron chi connectivity index (χ4n) is 1.37. The van der Waals surface area contributed by atoms with Crippen LogP contribution in [0.25, 0.3) is 10.1 Å². The maximum Gasteiger partial charge on any atom is 0.348 e. The number of methoxy groups -OCH3 is 1. The molecule has 0 amide bonds. The maximum absolute atomic E-state index is 11.3. The Kier molecular flexibility index (Phi) is 2.67. The lowest BCUT2D eigenvalue weighted by molar-refractivity contribution is 0.0606. The van der Waals surface area contributed by atoms with Gasteiger partial charge in [-0.05, 0) is 23.9 Å². The van der Waals surface area contributed by atoms with Gasteiger partial charge in [-0.25, -0.2) is 4.79 Å². The Hall–Kier alpha value is -1.06. The van der Waals surface area contributed by atoms with E-state index >= 15 is 0 Å². The van der Waals surface area contributed by atoms with Gasteiger partial charge in [-0.3, -0.25) is 0 Å². The maximum atomic E-state index is 11.3. The zero-order valence-electron chi connectivity index (χ0n) is 8.33. The first-order valence-electron chi connectivity index (χ1n) is 4.40. The van der Waals surface area contributed by atoms with Crippen LogP contribution in [0.15, 0.2) is 18.2 Å². The van der Waals surface area contributed by atoms with E-state index in [1.807, 2.05) is 19.1 Å². The normalized spacial score (nSPS) is 10.6. The molecule has 0 fully saturated rings. The Labute approximate surface area is 96.4 Å². The number of carbonyl (C=O) groups excluding carboxylic acids is 1. The van der Waals surface area contributed by atoms with Gasteiger partial charge in [-0.15, -0.1) is 11.3 Å². The molecule has 0 atom stereocenters. The van der Waals surface area contributed by atoms with Gasteiger partial charge in [0.25, 0.3) is 0 Å². The summed E-state index contributed by atoms with van der Waals surface area (Å²) in [6, 6.07) is 5.70. The monoisotopic (exact) mass is 240 g/mol. The molecule has 1 aromatic carbocycles. The van der Waals surface area contributed by atoms with E-state index in [1.165, 1.54) is 18.4 Å². The quantitative estimate of drug-likeness (QED) is 0.712. The number of halogens is 1. The number of hydrogen-bond donors (Lipinski definition) is 0. The van der Waals surface area contributed by atoms with Crippen LogP contribution < -0.4 is 0 Å². The molecule has 0 saturated carbocycles. The van der Waals surface area contributed by atoms with Crippen molar-refractivity contribution < 1.29 is 9.53 Å². The lowest BCUT2D eigenvalue weighted by Crippen LogP contribution is -1.96. The van der Waals surface area contributed by atoms with Crippen LogP contribution in [0.4, 0.5) is 0 Å². The first-order chi connectivity index (χ1) is 7.13. The highest BCUT2D eigenvalue weighted by Gasteiger charge is 2.12. The van der Waals surface area contributed by atoms with E-state index in [4.69, 9.17) is 11.6 Å². The number of aryl methyl sites for hydroxylation is 1. The molecule has 15 heavy (non-hydrogen) atoms. The summed E-state index contributed by atoms with van der Waals surface area (Å²) < 4.78 is 5.61. The van der Waals surface area contributed by atoms with Crippen molar-refractivity contribution in [3.05, 3.63) is 33.7 Å². The second-order valence-electron chi connectivity index (χ2n) is 3.22. The van der Waals surface area contributed by atoms with Crippen LogP contribution in [0.5, 0.6) is 0 Å². The Bertz CT molecular complexity index is 531. The third-order valence-corrected chi connectivity index (χ3v) is 3.95. The second kappa shape index (κ2) is 3.83. The Balaban J connectivity index is 2.66. The number of ether oxygens (including phenoxy) is 1. The fraction of sp³-hybridized carbons (Fsp3) is 0.182. The van der Waals surface area contributed by atoms with Gasteiger partial charge in [0.15, 0.2) is 0 Å². The van der Waals surface area contributed by atoms with Crippen molar-refractivity contribution in [2.24, 2.45) is 0 Å². The van der Waals surface area contributed by atoms with Gasteiger partial charge < -0.3 is 4.74 Å². The molecule has 4 heteroatoms. The largest absolute Gasteiger partial charge is 0.465 e. The molecule has 1 heterocycles. The minimum Gasteiger partial charge on any atom is -0.465 e. The molecule has 0 bridgehead atoms. The van der Waals surface area contributed by atoms with Crippen molar-refractivity contribution in [2.45, 2.75) is 6.92 Å². The zero-order valence-corrected chi connectivity index (χ0v) is 9.91. The van der Waals surface area contributed by atoms with Gasteiger partial charge in [0.05, 0.1) is 16.8 Å². The van der Waals surface area contributed by atoms with Crippen LogP contribution in [-0.2, 0) is 4.74 Å². The van der Waals surface area contributed by atoms with Gasteiger partial charge in [0, 0.05) is 0 Å². The molecule has 0 aliphatic rings. The lowest BCUT2D eigenvalue weighted by Gasteiger charge is -1.96. The Morgan fingerprint density at radius 3 is 2.87 bits per heavy atom. The van der Waals surface area contributed by atoms with E-state index in [-0.39, 0.29) is 5.97 Å². The van der Waals surface area contributed by atoms with Crippen molar-refractivity contribution in [3.8, 4) is 0 Å². The number of thiophene rings is 1. The smallest absolute Gasteiger partial charge is 0.348 e. The Morgan fingerprint density at radius 1 is 1.47 bits per heavy atom. The van der Waals surface area contributed by atoms with Crippen LogP contribution in [0.1, 0.15) is 15.2 Å². The molecule has 0 saturated heterocycles. The summed E-state index contributed by atoms with van der Waals surface area (Å²) in [4.78, 5) is 11.9. The number of esters is 1. The molecule has 2 rings (SSSR count). The van der Waals surface area contributed by atoms with Crippen molar-refractivity contribution in [3.63, 3.8) is 0 Å². The standard InChI is InChI=1S/C11H9ClO2S/c1-6-3-4-7-5-8(11(13)14-2)15-10(7)9(6)12/h3-5H,1-2H3. The summed E-state index contributed by atoms with van der Waals surface area (Å²) in [6.45, 7) is 1.94. The minimum absolute atomic E-state index is 0.315. The molecular formula is C11H9ClO2S. The topological polar surface area (TPSA) is 26.3 Å². The summed E-state index contributed by atoms with van der Waals surface area (Å²) >= 11 is 7.51. The van der Waals surface area contributed by atoms with E-state index in [2.05, 4.69) is 4.74 Å². The van der Waals surface area contributed by atoms with E-state index in [1.54, 1.807) is 6.07 Å². The number of fused-ring (bicyclic) bond motifs is 1. The molecule has 0 radical (unpaired) electrons. The van der Waals surface area contributed by atoms with Gasteiger partial charge >= 0.3 is 5.97 Å². The van der Waals surface area contributed by atoms with Crippen molar-refractivity contribution >= 4 is 39.0 Å². The third-order valence-electron chi connectivity index (χ3n) is 2.21. The molecule has 2 aromatic rings. The van der Waals surface area contributed by atoms with Crippen LogP contribution >= 0.6 is 22.9 Å². The molecule has 1 aromatic heterocycles. The lowest BCUT2D eigenvalue weighted by atomic mass is 10.2. The first-order valence-corrected chi connectivity index (χ1v) is 5.60. The van der Waals surface area contributed by atoms with E-state index in [9.17, 15) is 4.79 Å².